The van der Waals surface area contributed by atoms with E-state index in [1.54, 1.807) is 0 Å². The number of likely N-dealkylation sites (tertiary alicyclic amines) is 1. The topological polar surface area (TPSA) is 3.24 Å². The van der Waals surface area contributed by atoms with Crippen LogP contribution < -0.4 is 0 Å². The van der Waals surface area contributed by atoms with Crippen LogP contribution in [-0.4, -0.2) is 30.3 Å². The number of hydrogen-bond donors (Lipinski definition) is 1. The van der Waals surface area contributed by atoms with E-state index in [1.165, 1.54) is 77.4 Å². The Balaban J connectivity index is 1.83. The number of unbranched alkanes of at least 4 members (excludes halogenated alkanes) is 6. The molecule has 0 aliphatic carbocycles. The maximum Gasteiger partial charge on any atom is 0.000703 e. The van der Waals surface area contributed by atoms with Gasteiger partial charge < -0.3 is 4.90 Å². The summed E-state index contributed by atoms with van der Waals surface area (Å²) in [6, 6.07) is 0. The van der Waals surface area contributed by atoms with Crippen LogP contribution in [0.15, 0.2) is 0 Å². The van der Waals surface area contributed by atoms with Crippen molar-refractivity contribution >= 4 is 12.6 Å². The van der Waals surface area contributed by atoms with Gasteiger partial charge in [0.05, 0.1) is 0 Å². The molecular formula is C15H31NS. The second-order valence-corrected chi connectivity index (χ2v) is 6.19. The van der Waals surface area contributed by atoms with Gasteiger partial charge in [-0.3, -0.25) is 0 Å². The van der Waals surface area contributed by atoms with Gasteiger partial charge in [-0.15, -0.1) is 0 Å². The molecule has 1 heterocycles. The summed E-state index contributed by atoms with van der Waals surface area (Å²) in [5.41, 5.74) is 0. The lowest BCUT2D eigenvalue weighted by Crippen LogP contribution is -2.34. The molecule has 0 amide bonds. The van der Waals surface area contributed by atoms with Gasteiger partial charge in [0.1, 0.15) is 0 Å². The average Bonchev–Trinajstić information content (AvgIpc) is 2.33. The number of rotatable bonds is 9. The molecule has 0 spiro atoms. The van der Waals surface area contributed by atoms with Crippen molar-refractivity contribution in [3.8, 4) is 0 Å². The molecule has 1 nitrogen and oxygen atoms in total. The van der Waals surface area contributed by atoms with Crippen LogP contribution in [0.25, 0.3) is 0 Å². The molecule has 0 N–H and O–H groups in total. The number of nitrogens with zero attached hydrogens (tertiary/aromatic N) is 1. The van der Waals surface area contributed by atoms with Crippen molar-refractivity contribution in [3.05, 3.63) is 0 Å². The maximum atomic E-state index is 4.24. The van der Waals surface area contributed by atoms with Crippen molar-refractivity contribution in [1.82, 2.24) is 4.90 Å². The molecule has 1 aliphatic rings. The predicted octanol–water partition coefficient (Wildman–Crippen LogP) is 4.38. The van der Waals surface area contributed by atoms with E-state index in [0.717, 1.165) is 11.7 Å². The molecule has 0 aromatic rings. The summed E-state index contributed by atoms with van der Waals surface area (Å²) in [7, 11) is 0. The smallest absolute Gasteiger partial charge is 0.000703 e. The maximum absolute atomic E-state index is 4.24. The third kappa shape index (κ3) is 8.10. The van der Waals surface area contributed by atoms with Crippen molar-refractivity contribution in [3.63, 3.8) is 0 Å². The van der Waals surface area contributed by atoms with Crippen LogP contribution in [0.2, 0.25) is 0 Å². The summed E-state index contributed by atoms with van der Waals surface area (Å²) in [4.78, 5) is 2.68. The molecule has 1 rings (SSSR count). The van der Waals surface area contributed by atoms with E-state index >= 15 is 0 Å². The van der Waals surface area contributed by atoms with Gasteiger partial charge in [-0.2, -0.15) is 12.6 Å². The first-order valence-corrected chi connectivity index (χ1v) is 8.29. The highest BCUT2D eigenvalue weighted by molar-refractivity contribution is 7.80. The molecule has 1 atom stereocenters. The minimum absolute atomic E-state index is 0.935. The number of hydrogen-bond acceptors (Lipinski definition) is 2. The molecule has 0 radical (unpaired) electrons. The van der Waals surface area contributed by atoms with E-state index in [-0.39, 0.29) is 0 Å². The molecule has 1 aliphatic heterocycles. The highest BCUT2D eigenvalue weighted by Crippen LogP contribution is 2.16. The number of thiol groups is 1. The molecule has 0 aromatic carbocycles. The number of piperidine rings is 1. The van der Waals surface area contributed by atoms with Crippen LogP contribution in [0.3, 0.4) is 0 Å². The lowest BCUT2D eigenvalue weighted by atomic mass is 10.00. The summed E-state index contributed by atoms with van der Waals surface area (Å²) >= 11 is 4.24. The van der Waals surface area contributed by atoms with Gasteiger partial charge in [0.25, 0.3) is 0 Å². The Kier molecular flexibility index (Phi) is 9.27. The lowest BCUT2D eigenvalue weighted by Gasteiger charge is -2.30. The van der Waals surface area contributed by atoms with Crippen LogP contribution in [-0.2, 0) is 0 Å². The zero-order chi connectivity index (χ0) is 12.3. The summed E-state index contributed by atoms with van der Waals surface area (Å²) < 4.78 is 0. The molecule has 1 saturated heterocycles. The Hall–Kier alpha value is 0.310. The van der Waals surface area contributed by atoms with Crippen molar-refractivity contribution in [1.29, 1.82) is 0 Å². The molecule has 0 bridgehead atoms. The Morgan fingerprint density at radius 2 is 1.65 bits per heavy atom. The molecule has 0 aromatic heterocycles. The van der Waals surface area contributed by atoms with Gasteiger partial charge in [0, 0.05) is 6.54 Å². The zero-order valence-electron chi connectivity index (χ0n) is 11.7. The van der Waals surface area contributed by atoms with E-state index in [0.29, 0.717) is 0 Å². The highest BCUT2D eigenvalue weighted by atomic mass is 32.1. The SMILES string of the molecule is CC1CCCN(CCCCCCCCCS)C1. The fraction of sp³-hybridized carbons (Fsp3) is 1.00. The van der Waals surface area contributed by atoms with Crippen molar-refractivity contribution in [2.45, 2.75) is 64.7 Å². The van der Waals surface area contributed by atoms with Gasteiger partial charge in [-0.25, -0.2) is 0 Å². The van der Waals surface area contributed by atoms with Crippen LogP contribution in [0, 0.1) is 5.92 Å². The first-order valence-electron chi connectivity index (χ1n) is 7.66. The third-order valence-corrected chi connectivity index (χ3v) is 4.19. The second-order valence-electron chi connectivity index (χ2n) is 5.75. The molecule has 2 heteroatoms. The highest BCUT2D eigenvalue weighted by Gasteiger charge is 2.14. The Morgan fingerprint density at radius 1 is 1.00 bits per heavy atom. The van der Waals surface area contributed by atoms with Gasteiger partial charge in [-0.05, 0) is 50.4 Å². The normalized spacial score (nSPS) is 21.9. The monoisotopic (exact) mass is 257 g/mol. The van der Waals surface area contributed by atoms with E-state index in [2.05, 4.69) is 24.5 Å². The largest absolute Gasteiger partial charge is 0.303 e. The minimum atomic E-state index is 0.935. The predicted molar refractivity (Wildman–Crippen MR) is 81.0 cm³/mol. The van der Waals surface area contributed by atoms with Crippen LogP contribution in [0.5, 0.6) is 0 Å². The molecule has 1 unspecified atom stereocenters. The van der Waals surface area contributed by atoms with Gasteiger partial charge in [0.15, 0.2) is 0 Å². The zero-order valence-corrected chi connectivity index (χ0v) is 12.6. The van der Waals surface area contributed by atoms with E-state index in [9.17, 15) is 0 Å². The first kappa shape index (κ1) is 15.4. The summed E-state index contributed by atoms with van der Waals surface area (Å²) in [6.07, 6.45) is 12.7. The molecular weight excluding hydrogens is 226 g/mol. The molecule has 102 valence electrons. The van der Waals surface area contributed by atoms with E-state index < -0.39 is 0 Å². The van der Waals surface area contributed by atoms with Crippen LogP contribution >= 0.6 is 12.6 Å². The summed E-state index contributed by atoms with van der Waals surface area (Å²) in [5.74, 6) is 2.00. The van der Waals surface area contributed by atoms with Gasteiger partial charge in [-0.1, -0.05) is 39.0 Å². The van der Waals surface area contributed by atoms with E-state index in [4.69, 9.17) is 0 Å². The summed E-state index contributed by atoms with van der Waals surface area (Å²) in [6.45, 7) is 6.45. The standard InChI is InChI=1S/C15H31NS/c1-15-10-9-12-16(14-15)11-7-5-3-2-4-6-8-13-17/h15,17H,2-14H2,1H3. The molecule has 17 heavy (non-hydrogen) atoms. The average molecular weight is 257 g/mol. The van der Waals surface area contributed by atoms with Crippen molar-refractivity contribution in [2.24, 2.45) is 5.92 Å². The second kappa shape index (κ2) is 10.3. The molecule has 0 saturated carbocycles. The van der Waals surface area contributed by atoms with Gasteiger partial charge in [0.2, 0.25) is 0 Å². The summed E-state index contributed by atoms with van der Waals surface area (Å²) in [5, 5.41) is 0. The van der Waals surface area contributed by atoms with Crippen LogP contribution in [0.1, 0.15) is 64.7 Å². The molecule has 1 fully saturated rings. The van der Waals surface area contributed by atoms with E-state index in [1.807, 2.05) is 0 Å². The van der Waals surface area contributed by atoms with Crippen molar-refractivity contribution < 1.29 is 0 Å². The Bertz CT molecular complexity index is 172. The fourth-order valence-electron chi connectivity index (χ4n) is 2.82. The van der Waals surface area contributed by atoms with Gasteiger partial charge >= 0.3 is 0 Å². The van der Waals surface area contributed by atoms with Crippen LogP contribution in [0.4, 0.5) is 0 Å². The lowest BCUT2D eigenvalue weighted by molar-refractivity contribution is 0.180. The Morgan fingerprint density at radius 3 is 2.29 bits per heavy atom. The van der Waals surface area contributed by atoms with Crippen molar-refractivity contribution in [2.75, 3.05) is 25.4 Å². The fourth-order valence-corrected chi connectivity index (χ4v) is 3.04. The third-order valence-electron chi connectivity index (χ3n) is 3.87. The first-order chi connectivity index (χ1) is 8.33. The quantitative estimate of drug-likeness (QED) is 0.474. The Labute approximate surface area is 114 Å². The minimum Gasteiger partial charge on any atom is -0.303 e.